The van der Waals surface area contributed by atoms with Crippen molar-refractivity contribution in [2.75, 3.05) is 12.9 Å². The van der Waals surface area contributed by atoms with Crippen molar-refractivity contribution in [1.29, 1.82) is 0 Å². The third-order valence-corrected chi connectivity index (χ3v) is 4.80. The summed E-state index contributed by atoms with van der Waals surface area (Å²) in [5.74, 6) is 1.96. The van der Waals surface area contributed by atoms with Gasteiger partial charge in [-0.15, -0.1) is 0 Å². The highest BCUT2D eigenvalue weighted by atomic mass is 35.5. The van der Waals surface area contributed by atoms with Gasteiger partial charge in [-0.1, -0.05) is 11.6 Å². The minimum Gasteiger partial charge on any atom is -0.496 e. The van der Waals surface area contributed by atoms with E-state index in [1.807, 2.05) is 23.9 Å². The van der Waals surface area contributed by atoms with Gasteiger partial charge in [0.25, 0.3) is 0 Å². The first-order valence-electron chi connectivity index (χ1n) is 5.83. The molecule has 0 bridgehead atoms. The molecular formula is C13H17ClO2S. The number of aliphatic hydroxyl groups is 1. The average Bonchev–Trinajstić information content (AvgIpc) is 2.83. The first-order chi connectivity index (χ1) is 8.20. The van der Waals surface area contributed by atoms with E-state index in [4.69, 9.17) is 16.3 Å². The van der Waals surface area contributed by atoms with Gasteiger partial charge in [-0.05, 0) is 42.4 Å². The zero-order valence-electron chi connectivity index (χ0n) is 9.86. The number of aliphatic hydroxyl groups excluding tert-OH is 1. The Morgan fingerprint density at radius 2 is 2.41 bits per heavy atom. The molecule has 1 aliphatic heterocycles. The van der Waals surface area contributed by atoms with Crippen LogP contribution in [0.15, 0.2) is 18.2 Å². The summed E-state index contributed by atoms with van der Waals surface area (Å²) in [4.78, 5) is 0. The van der Waals surface area contributed by atoms with Crippen molar-refractivity contribution in [3.05, 3.63) is 28.8 Å². The maximum Gasteiger partial charge on any atom is 0.122 e. The second-order valence-electron chi connectivity index (χ2n) is 4.28. The number of rotatable bonds is 4. The third kappa shape index (κ3) is 3.30. The molecule has 0 amide bonds. The molecule has 1 aromatic carbocycles. The van der Waals surface area contributed by atoms with Gasteiger partial charge in [0.05, 0.1) is 13.2 Å². The summed E-state index contributed by atoms with van der Waals surface area (Å²) in [6, 6.07) is 5.54. The lowest BCUT2D eigenvalue weighted by Gasteiger charge is -2.18. The van der Waals surface area contributed by atoms with Gasteiger partial charge >= 0.3 is 0 Å². The average molecular weight is 273 g/mol. The van der Waals surface area contributed by atoms with Crippen molar-refractivity contribution in [2.24, 2.45) is 0 Å². The van der Waals surface area contributed by atoms with Gasteiger partial charge in [0.1, 0.15) is 5.75 Å². The Morgan fingerprint density at radius 3 is 3.06 bits per heavy atom. The molecule has 0 aromatic heterocycles. The fourth-order valence-electron chi connectivity index (χ4n) is 2.17. The molecule has 1 aliphatic rings. The highest BCUT2D eigenvalue weighted by Gasteiger charge is 2.24. The SMILES string of the molecule is COc1ccc(Cl)cc1CC(O)C1CCCS1. The third-order valence-electron chi connectivity index (χ3n) is 3.07. The van der Waals surface area contributed by atoms with Crippen LogP contribution in [0.5, 0.6) is 5.75 Å². The molecule has 1 fully saturated rings. The van der Waals surface area contributed by atoms with E-state index in [0.29, 0.717) is 16.7 Å². The molecule has 1 heterocycles. The molecule has 1 saturated heterocycles. The quantitative estimate of drug-likeness (QED) is 0.913. The fourth-order valence-corrected chi connectivity index (χ4v) is 3.65. The maximum absolute atomic E-state index is 10.2. The Kier molecular flexibility index (Phi) is 4.60. The second-order valence-corrected chi connectivity index (χ2v) is 6.06. The summed E-state index contributed by atoms with van der Waals surface area (Å²) < 4.78 is 5.29. The number of halogens is 1. The lowest BCUT2D eigenvalue weighted by molar-refractivity contribution is 0.169. The van der Waals surface area contributed by atoms with E-state index >= 15 is 0 Å². The van der Waals surface area contributed by atoms with Crippen molar-refractivity contribution in [2.45, 2.75) is 30.6 Å². The molecule has 1 N–H and O–H groups in total. The molecule has 17 heavy (non-hydrogen) atoms. The molecule has 1 aromatic rings. The Balaban J connectivity index is 2.08. The van der Waals surface area contributed by atoms with Crippen LogP contribution in [0.4, 0.5) is 0 Å². The highest BCUT2D eigenvalue weighted by Crippen LogP contribution is 2.32. The molecule has 0 aliphatic carbocycles. The predicted molar refractivity (Wildman–Crippen MR) is 73.2 cm³/mol. The van der Waals surface area contributed by atoms with Crippen LogP contribution in [0.3, 0.4) is 0 Å². The van der Waals surface area contributed by atoms with Gasteiger partial charge in [-0.25, -0.2) is 0 Å². The first-order valence-corrected chi connectivity index (χ1v) is 7.25. The Labute approximate surface area is 111 Å². The van der Waals surface area contributed by atoms with Crippen molar-refractivity contribution in [3.63, 3.8) is 0 Å². The van der Waals surface area contributed by atoms with E-state index in [1.54, 1.807) is 13.2 Å². The zero-order valence-corrected chi connectivity index (χ0v) is 11.4. The van der Waals surface area contributed by atoms with Crippen LogP contribution in [-0.2, 0) is 6.42 Å². The highest BCUT2D eigenvalue weighted by molar-refractivity contribution is 8.00. The van der Waals surface area contributed by atoms with Crippen molar-refractivity contribution < 1.29 is 9.84 Å². The molecule has 0 spiro atoms. The smallest absolute Gasteiger partial charge is 0.122 e. The summed E-state index contributed by atoms with van der Waals surface area (Å²) >= 11 is 7.84. The molecule has 0 radical (unpaired) electrons. The zero-order chi connectivity index (χ0) is 12.3. The van der Waals surface area contributed by atoms with Crippen LogP contribution >= 0.6 is 23.4 Å². The van der Waals surface area contributed by atoms with Gasteiger partial charge in [-0.2, -0.15) is 11.8 Å². The van der Waals surface area contributed by atoms with E-state index in [0.717, 1.165) is 23.5 Å². The van der Waals surface area contributed by atoms with Gasteiger partial charge in [0.15, 0.2) is 0 Å². The number of ether oxygens (including phenoxy) is 1. The first kappa shape index (κ1) is 13.1. The normalized spacial score (nSPS) is 21.5. The molecular weight excluding hydrogens is 256 g/mol. The Bertz CT molecular complexity index is 378. The van der Waals surface area contributed by atoms with Crippen LogP contribution in [0.2, 0.25) is 5.02 Å². The molecule has 94 valence electrons. The summed E-state index contributed by atoms with van der Waals surface area (Å²) in [5.41, 5.74) is 0.986. The number of hydrogen-bond acceptors (Lipinski definition) is 3. The minimum absolute atomic E-state index is 0.310. The lowest BCUT2D eigenvalue weighted by atomic mass is 10.0. The number of thioether (sulfide) groups is 1. The monoisotopic (exact) mass is 272 g/mol. The Hall–Kier alpha value is -0.380. The largest absolute Gasteiger partial charge is 0.496 e. The fraction of sp³-hybridized carbons (Fsp3) is 0.538. The molecule has 2 nitrogen and oxygen atoms in total. The van der Waals surface area contributed by atoms with Crippen LogP contribution < -0.4 is 4.74 Å². The second kappa shape index (κ2) is 5.98. The van der Waals surface area contributed by atoms with E-state index in [2.05, 4.69) is 0 Å². The summed E-state index contributed by atoms with van der Waals surface area (Å²) in [6.07, 6.45) is 2.62. The lowest BCUT2D eigenvalue weighted by Crippen LogP contribution is -2.23. The molecule has 4 heteroatoms. The summed E-state index contributed by atoms with van der Waals surface area (Å²) in [7, 11) is 1.64. The van der Waals surface area contributed by atoms with E-state index < -0.39 is 0 Å². The number of hydrogen-bond donors (Lipinski definition) is 1. The predicted octanol–water partition coefficient (Wildman–Crippen LogP) is 3.15. The van der Waals surface area contributed by atoms with Gasteiger partial charge in [0.2, 0.25) is 0 Å². The maximum atomic E-state index is 10.2. The van der Waals surface area contributed by atoms with Crippen molar-refractivity contribution in [3.8, 4) is 5.75 Å². The number of methoxy groups -OCH3 is 1. The van der Waals surface area contributed by atoms with Gasteiger partial charge in [-0.3, -0.25) is 0 Å². The molecule has 2 unspecified atom stereocenters. The van der Waals surface area contributed by atoms with Crippen LogP contribution in [0, 0.1) is 0 Å². The van der Waals surface area contributed by atoms with E-state index in [1.165, 1.54) is 6.42 Å². The van der Waals surface area contributed by atoms with Crippen molar-refractivity contribution >= 4 is 23.4 Å². The topological polar surface area (TPSA) is 29.5 Å². The van der Waals surface area contributed by atoms with Crippen molar-refractivity contribution in [1.82, 2.24) is 0 Å². The van der Waals surface area contributed by atoms with Crippen LogP contribution in [-0.4, -0.2) is 29.3 Å². The molecule has 0 saturated carbocycles. The van der Waals surface area contributed by atoms with Crippen LogP contribution in [0.1, 0.15) is 18.4 Å². The van der Waals surface area contributed by atoms with Gasteiger partial charge in [0, 0.05) is 16.7 Å². The minimum atomic E-state index is -0.310. The molecule has 2 atom stereocenters. The van der Waals surface area contributed by atoms with Gasteiger partial charge < -0.3 is 9.84 Å². The molecule has 2 rings (SSSR count). The summed E-state index contributed by atoms with van der Waals surface area (Å²) in [5, 5.41) is 11.2. The summed E-state index contributed by atoms with van der Waals surface area (Å²) in [6.45, 7) is 0. The standard InChI is InChI=1S/C13H17ClO2S/c1-16-12-5-4-10(14)7-9(12)8-11(15)13-3-2-6-17-13/h4-5,7,11,13,15H,2-3,6,8H2,1H3. The van der Waals surface area contributed by atoms with Crippen LogP contribution in [0.25, 0.3) is 0 Å². The Morgan fingerprint density at radius 1 is 1.59 bits per heavy atom. The number of benzene rings is 1. The van der Waals surface area contributed by atoms with E-state index in [-0.39, 0.29) is 6.10 Å². The van der Waals surface area contributed by atoms with E-state index in [9.17, 15) is 5.11 Å².